The van der Waals surface area contributed by atoms with E-state index >= 15 is 0 Å². The summed E-state index contributed by atoms with van der Waals surface area (Å²) in [4.78, 5) is 30.5. The number of pyridine rings is 1. The predicted molar refractivity (Wildman–Crippen MR) is 101 cm³/mol. The largest absolute Gasteiger partial charge is 0.360 e. The molecule has 1 N–H and O–H groups in total. The van der Waals surface area contributed by atoms with E-state index in [-0.39, 0.29) is 11.3 Å². The lowest BCUT2D eigenvalue weighted by molar-refractivity contribution is 0.0819. The zero-order valence-corrected chi connectivity index (χ0v) is 14.5. The number of rotatable bonds is 3. The number of carbonyl (C=O) groups is 1. The minimum Gasteiger partial charge on any atom is -0.360 e. The van der Waals surface area contributed by atoms with Crippen LogP contribution in [0.5, 0.6) is 0 Å². The molecule has 5 heteroatoms. The minimum absolute atomic E-state index is 0.0977. The first-order valence-corrected chi connectivity index (χ1v) is 9.20. The molecule has 2 aliphatic heterocycles. The molecule has 0 spiro atoms. The second-order valence-electron chi connectivity index (χ2n) is 7.56. The van der Waals surface area contributed by atoms with Gasteiger partial charge in [-0.25, -0.2) is 0 Å². The van der Waals surface area contributed by atoms with Crippen molar-refractivity contribution in [1.29, 1.82) is 0 Å². The Morgan fingerprint density at radius 1 is 1.08 bits per heavy atom. The van der Waals surface area contributed by atoms with Gasteiger partial charge in [-0.1, -0.05) is 24.3 Å². The van der Waals surface area contributed by atoms with Crippen LogP contribution in [0.25, 0.3) is 10.9 Å². The number of para-hydroxylation sites is 1. The summed E-state index contributed by atoms with van der Waals surface area (Å²) in [5.74, 6) is 0.942. The number of H-pyrrole nitrogens is 1. The monoisotopic (exact) mass is 347 g/mol. The maximum absolute atomic E-state index is 12.9. The lowest BCUT2D eigenvalue weighted by Gasteiger charge is -2.42. The molecule has 4 heterocycles. The third-order valence-electron chi connectivity index (χ3n) is 5.81. The molecule has 0 saturated carbocycles. The molecule has 2 aromatic heterocycles. The molecule has 0 aliphatic carbocycles. The van der Waals surface area contributed by atoms with Gasteiger partial charge in [0.1, 0.15) is 0 Å². The average molecular weight is 347 g/mol. The number of ketones is 1. The van der Waals surface area contributed by atoms with E-state index < -0.39 is 0 Å². The first kappa shape index (κ1) is 15.6. The third kappa shape index (κ3) is 2.51. The van der Waals surface area contributed by atoms with E-state index in [0.717, 1.165) is 48.2 Å². The molecule has 1 fully saturated rings. The Balaban J connectivity index is 1.38. The van der Waals surface area contributed by atoms with Gasteiger partial charge in [0, 0.05) is 60.0 Å². The van der Waals surface area contributed by atoms with Gasteiger partial charge in [-0.2, -0.15) is 0 Å². The zero-order valence-electron chi connectivity index (χ0n) is 14.5. The van der Waals surface area contributed by atoms with E-state index in [9.17, 15) is 9.59 Å². The summed E-state index contributed by atoms with van der Waals surface area (Å²) < 4.78 is 1.93. The molecular formula is C21H21N3O2. The molecule has 1 aromatic carbocycles. The van der Waals surface area contributed by atoms with Gasteiger partial charge in [0.25, 0.3) is 5.56 Å². The second kappa shape index (κ2) is 5.95. The van der Waals surface area contributed by atoms with Crippen LogP contribution in [0, 0.1) is 5.92 Å². The van der Waals surface area contributed by atoms with Gasteiger partial charge in [0.05, 0.1) is 6.54 Å². The van der Waals surface area contributed by atoms with Gasteiger partial charge in [0.2, 0.25) is 0 Å². The molecule has 2 bridgehead atoms. The SMILES string of the molecule is O=C(CN1C[C@H]2C[C@H](C1)c1cccc(=O)n1C2)c1c[nH]c2ccccc12. The fraction of sp³-hybridized carbons (Fsp3) is 0.333. The standard InChI is InChI=1S/C21H21N3O2/c25-20(17-9-22-18-5-2-1-4-16(17)18)13-23-10-14-8-15(12-23)19-6-3-7-21(26)24(19)11-14/h1-7,9,14-15,22H,8,10-13H2/t14-,15-/m1/s1. The Hall–Kier alpha value is -2.66. The van der Waals surface area contributed by atoms with Crippen molar-refractivity contribution in [3.8, 4) is 0 Å². The number of likely N-dealkylation sites (tertiary alicyclic amines) is 1. The second-order valence-corrected chi connectivity index (χ2v) is 7.56. The van der Waals surface area contributed by atoms with Crippen LogP contribution in [-0.2, 0) is 6.54 Å². The fourth-order valence-corrected chi connectivity index (χ4v) is 4.72. The van der Waals surface area contributed by atoms with Gasteiger partial charge in [-0.15, -0.1) is 0 Å². The summed E-state index contributed by atoms with van der Waals surface area (Å²) in [6.45, 7) is 2.93. The molecule has 5 rings (SSSR count). The maximum atomic E-state index is 12.9. The first-order valence-electron chi connectivity index (χ1n) is 9.20. The van der Waals surface area contributed by atoms with E-state index in [2.05, 4.69) is 16.0 Å². The van der Waals surface area contributed by atoms with Crippen molar-refractivity contribution in [2.75, 3.05) is 19.6 Å². The number of nitrogens with zero attached hydrogens (tertiary/aromatic N) is 2. The van der Waals surface area contributed by atoms with Crippen LogP contribution < -0.4 is 5.56 Å². The van der Waals surface area contributed by atoms with Gasteiger partial charge in [-0.3, -0.25) is 14.5 Å². The van der Waals surface area contributed by atoms with Crippen molar-refractivity contribution in [3.63, 3.8) is 0 Å². The number of piperidine rings is 1. The Kier molecular flexibility index (Phi) is 3.57. The highest BCUT2D eigenvalue weighted by Gasteiger charge is 2.35. The summed E-state index contributed by atoms with van der Waals surface area (Å²) in [6, 6.07) is 13.5. The van der Waals surface area contributed by atoms with Crippen LogP contribution in [0.4, 0.5) is 0 Å². The number of Topliss-reactive ketones (excluding diaryl/α,β-unsaturated/α-hetero) is 1. The topological polar surface area (TPSA) is 58.1 Å². The van der Waals surface area contributed by atoms with Gasteiger partial charge in [-0.05, 0) is 24.5 Å². The first-order chi connectivity index (χ1) is 12.7. The van der Waals surface area contributed by atoms with E-state index in [4.69, 9.17) is 0 Å². The summed E-state index contributed by atoms with van der Waals surface area (Å²) in [7, 11) is 0. The highest BCUT2D eigenvalue weighted by molar-refractivity contribution is 6.08. The van der Waals surface area contributed by atoms with E-state index in [1.165, 1.54) is 0 Å². The maximum Gasteiger partial charge on any atom is 0.250 e. The van der Waals surface area contributed by atoms with Crippen molar-refractivity contribution >= 4 is 16.7 Å². The van der Waals surface area contributed by atoms with Gasteiger partial charge in [0.15, 0.2) is 5.78 Å². The Morgan fingerprint density at radius 2 is 1.96 bits per heavy atom. The van der Waals surface area contributed by atoms with Crippen molar-refractivity contribution in [2.45, 2.75) is 18.9 Å². The molecule has 0 radical (unpaired) electrons. The lowest BCUT2D eigenvalue weighted by Crippen LogP contribution is -2.48. The Morgan fingerprint density at radius 3 is 2.88 bits per heavy atom. The van der Waals surface area contributed by atoms with Crippen LogP contribution >= 0.6 is 0 Å². The van der Waals surface area contributed by atoms with Gasteiger partial charge < -0.3 is 9.55 Å². The lowest BCUT2D eigenvalue weighted by atomic mass is 9.83. The minimum atomic E-state index is 0.0977. The summed E-state index contributed by atoms with van der Waals surface area (Å²) in [5, 5.41) is 0.992. The van der Waals surface area contributed by atoms with Crippen molar-refractivity contribution in [2.24, 2.45) is 5.92 Å². The van der Waals surface area contributed by atoms with E-state index in [1.54, 1.807) is 6.07 Å². The molecular weight excluding hydrogens is 326 g/mol. The van der Waals surface area contributed by atoms with Crippen LogP contribution in [-0.4, -0.2) is 39.9 Å². The number of aromatic nitrogens is 2. The predicted octanol–water partition coefficient (Wildman–Crippen LogP) is 2.63. The molecule has 3 aromatic rings. The number of carbonyl (C=O) groups excluding carboxylic acids is 1. The van der Waals surface area contributed by atoms with Crippen LogP contribution in [0.1, 0.15) is 28.4 Å². The Bertz CT molecular complexity index is 1050. The number of hydrogen-bond acceptors (Lipinski definition) is 3. The molecule has 0 amide bonds. The molecule has 5 nitrogen and oxygen atoms in total. The highest BCUT2D eigenvalue weighted by Crippen LogP contribution is 2.35. The highest BCUT2D eigenvalue weighted by atomic mass is 16.1. The van der Waals surface area contributed by atoms with Crippen LogP contribution in [0.3, 0.4) is 0 Å². The molecule has 132 valence electrons. The molecule has 2 atom stereocenters. The summed E-state index contributed by atoms with van der Waals surface area (Å²) in [5.41, 5.74) is 2.99. The van der Waals surface area contributed by atoms with E-state index in [1.807, 2.05) is 41.1 Å². The summed E-state index contributed by atoms with van der Waals surface area (Å²) in [6.07, 6.45) is 2.94. The smallest absolute Gasteiger partial charge is 0.250 e. The van der Waals surface area contributed by atoms with Crippen LogP contribution in [0.15, 0.2) is 53.5 Å². The molecule has 2 aliphatic rings. The summed E-state index contributed by atoms with van der Waals surface area (Å²) >= 11 is 0. The van der Waals surface area contributed by atoms with Crippen molar-refractivity contribution < 1.29 is 4.79 Å². The molecule has 1 saturated heterocycles. The molecule has 26 heavy (non-hydrogen) atoms. The Labute approximate surface area is 151 Å². The van der Waals surface area contributed by atoms with Crippen LogP contribution in [0.2, 0.25) is 0 Å². The third-order valence-corrected chi connectivity index (χ3v) is 5.81. The van der Waals surface area contributed by atoms with Gasteiger partial charge >= 0.3 is 0 Å². The molecule has 0 unspecified atom stereocenters. The van der Waals surface area contributed by atoms with E-state index in [0.29, 0.717) is 18.4 Å². The number of nitrogens with one attached hydrogen (secondary N) is 1. The number of fused-ring (bicyclic) bond motifs is 5. The number of hydrogen-bond donors (Lipinski definition) is 1. The zero-order chi connectivity index (χ0) is 17.7. The normalized spacial score (nSPS) is 22.3. The fourth-order valence-electron chi connectivity index (χ4n) is 4.72. The number of aromatic amines is 1. The quantitative estimate of drug-likeness (QED) is 0.741. The number of benzene rings is 1. The van der Waals surface area contributed by atoms with Crippen molar-refractivity contribution in [1.82, 2.24) is 14.5 Å². The van der Waals surface area contributed by atoms with Crippen molar-refractivity contribution in [3.05, 3.63) is 70.3 Å². The average Bonchev–Trinajstić information content (AvgIpc) is 3.07.